The smallest absolute Gasteiger partial charge is 0.304 e. The highest BCUT2D eigenvalue weighted by atomic mass is 16.5. The van der Waals surface area contributed by atoms with Crippen molar-refractivity contribution in [3.8, 4) is 5.75 Å². The van der Waals surface area contributed by atoms with E-state index < -0.39 is 5.97 Å². The Balaban J connectivity index is 2.06. The predicted octanol–water partition coefficient (Wildman–Crippen LogP) is 2.21. The summed E-state index contributed by atoms with van der Waals surface area (Å²) in [6.45, 7) is 0.714. The Morgan fingerprint density at radius 1 is 1.50 bits per heavy atom. The SMILES string of the molecule is O=C(O)C[C@H]1C=Cc2ccc3c(c21)CCO3. The maximum absolute atomic E-state index is 10.8. The second-order valence-corrected chi connectivity index (χ2v) is 4.21. The van der Waals surface area contributed by atoms with Gasteiger partial charge >= 0.3 is 5.97 Å². The van der Waals surface area contributed by atoms with Crippen LogP contribution in [0.2, 0.25) is 0 Å². The van der Waals surface area contributed by atoms with Crippen molar-refractivity contribution >= 4 is 12.0 Å². The maximum atomic E-state index is 10.8. The highest BCUT2D eigenvalue weighted by Gasteiger charge is 2.27. The van der Waals surface area contributed by atoms with Gasteiger partial charge in [0.15, 0.2) is 0 Å². The van der Waals surface area contributed by atoms with Gasteiger partial charge in [0.1, 0.15) is 5.75 Å². The van der Waals surface area contributed by atoms with Gasteiger partial charge in [0.25, 0.3) is 0 Å². The molecular weight excluding hydrogens is 204 g/mol. The van der Waals surface area contributed by atoms with Crippen LogP contribution in [-0.2, 0) is 11.2 Å². The molecule has 1 atom stereocenters. The van der Waals surface area contributed by atoms with E-state index in [2.05, 4.69) is 0 Å². The van der Waals surface area contributed by atoms with Crippen molar-refractivity contribution in [1.82, 2.24) is 0 Å². The van der Waals surface area contributed by atoms with Gasteiger partial charge in [-0.25, -0.2) is 0 Å². The van der Waals surface area contributed by atoms with Gasteiger partial charge in [0, 0.05) is 17.9 Å². The van der Waals surface area contributed by atoms with Gasteiger partial charge in [0.2, 0.25) is 0 Å². The fourth-order valence-corrected chi connectivity index (χ4v) is 2.58. The quantitative estimate of drug-likeness (QED) is 0.824. The van der Waals surface area contributed by atoms with Gasteiger partial charge in [-0.3, -0.25) is 4.79 Å². The minimum absolute atomic E-state index is 0.0177. The largest absolute Gasteiger partial charge is 0.493 e. The Hall–Kier alpha value is -1.77. The van der Waals surface area contributed by atoms with Crippen LogP contribution < -0.4 is 4.74 Å². The van der Waals surface area contributed by atoms with Crippen molar-refractivity contribution in [3.05, 3.63) is 34.9 Å². The molecule has 0 saturated carbocycles. The average Bonchev–Trinajstić information content (AvgIpc) is 2.82. The molecule has 1 aromatic carbocycles. The molecule has 1 heterocycles. The Morgan fingerprint density at radius 3 is 3.19 bits per heavy atom. The van der Waals surface area contributed by atoms with E-state index in [9.17, 15) is 4.79 Å². The molecule has 1 aromatic rings. The lowest BCUT2D eigenvalue weighted by Crippen LogP contribution is -2.04. The van der Waals surface area contributed by atoms with Crippen LogP contribution in [0.5, 0.6) is 5.75 Å². The third kappa shape index (κ3) is 1.32. The molecule has 1 aliphatic heterocycles. The van der Waals surface area contributed by atoms with Gasteiger partial charge in [-0.15, -0.1) is 0 Å². The standard InChI is InChI=1S/C13H12O3/c14-12(15)7-9-2-1-8-3-4-11-10(13(8)9)5-6-16-11/h1-4,9H,5-7H2,(H,14,15)/t9-/m1/s1. The van der Waals surface area contributed by atoms with Crippen LogP contribution in [0.15, 0.2) is 18.2 Å². The summed E-state index contributed by atoms with van der Waals surface area (Å²) in [5, 5.41) is 8.88. The number of hydrogen-bond acceptors (Lipinski definition) is 2. The van der Waals surface area contributed by atoms with Gasteiger partial charge < -0.3 is 9.84 Å². The molecule has 1 aliphatic carbocycles. The number of carboxylic acids is 1. The van der Waals surface area contributed by atoms with Crippen LogP contribution in [0.4, 0.5) is 0 Å². The third-order valence-electron chi connectivity index (χ3n) is 3.23. The van der Waals surface area contributed by atoms with Crippen molar-refractivity contribution in [2.75, 3.05) is 6.61 Å². The molecule has 3 rings (SSSR count). The molecule has 1 N–H and O–H groups in total. The minimum atomic E-state index is -0.751. The summed E-state index contributed by atoms with van der Waals surface area (Å²) in [5.74, 6) is 0.195. The molecule has 0 unspecified atom stereocenters. The van der Waals surface area contributed by atoms with E-state index in [-0.39, 0.29) is 12.3 Å². The van der Waals surface area contributed by atoms with E-state index in [1.807, 2.05) is 24.3 Å². The molecule has 0 amide bonds. The first-order valence-corrected chi connectivity index (χ1v) is 5.44. The first-order valence-electron chi connectivity index (χ1n) is 5.44. The summed E-state index contributed by atoms with van der Waals surface area (Å²) in [4.78, 5) is 10.8. The van der Waals surface area contributed by atoms with Crippen LogP contribution in [0.3, 0.4) is 0 Å². The highest BCUT2D eigenvalue weighted by Crippen LogP contribution is 2.41. The Bertz CT molecular complexity index is 488. The molecule has 0 fully saturated rings. The number of hydrogen-bond donors (Lipinski definition) is 1. The zero-order valence-electron chi connectivity index (χ0n) is 8.77. The van der Waals surface area contributed by atoms with Crippen molar-refractivity contribution in [3.63, 3.8) is 0 Å². The molecule has 0 aromatic heterocycles. The van der Waals surface area contributed by atoms with Crippen LogP contribution in [-0.4, -0.2) is 17.7 Å². The lowest BCUT2D eigenvalue weighted by molar-refractivity contribution is -0.137. The number of ether oxygens (including phenoxy) is 1. The van der Waals surface area contributed by atoms with E-state index in [1.54, 1.807) is 0 Å². The van der Waals surface area contributed by atoms with E-state index in [0.29, 0.717) is 6.61 Å². The number of benzene rings is 1. The lowest BCUT2D eigenvalue weighted by Gasteiger charge is -2.12. The lowest BCUT2D eigenvalue weighted by atomic mass is 9.91. The second-order valence-electron chi connectivity index (χ2n) is 4.21. The molecular formula is C13H12O3. The van der Waals surface area contributed by atoms with Gasteiger partial charge in [-0.2, -0.15) is 0 Å². The highest BCUT2D eigenvalue weighted by molar-refractivity contribution is 5.74. The minimum Gasteiger partial charge on any atom is -0.493 e. The summed E-state index contributed by atoms with van der Waals surface area (Å²) >= 11 is 0. The number of carbonyl (C=O) groups is 1. The van der Waals surface area contributed by atoms with Crippen molar-refractivity contribution in [1.29, 1.82) is 0 Å². The zero-order chi connectivity index (χ0) is 11.1. The summed E-state index contributed by atoms with van der Waals surface area (Å²) in [5.41, 5.74) is 3.52. The molecule has 2 aliphatic rings. The summed E-state index contributed by atoms with van der Waals surface area (Å²) < 4.78 is 5.50. The van der Waals surface area contributed by atoms with Crippen molar-refractivity contribution in [2.24, 2.45) is 0 Å². The third-order valence-corrected chi connectivity index (χ3v) is 3.23. The van der Waals surface area contributed by atoms with E-state index in [0.717, 1.165) is 23.3 Å². The molecule has 0 radical (unpaired) electrons. The van der Waals surface area contributed by atoms with Gasteiger partial charge in [-0.05, 0) is 17.2 Å². The number of rotatable bonds is 2. The Kier molecular flexibility index (Phi) is 1.99. The summed E-state index contributed by atoms with van der Waals surface area (Å²) in [7, 11) is 0. The fraction of sp³-hybridized carbons (Fsp3) is 0.308. The van der Waals surface area contributed by atoms with Crippen molar-refractivity contribution in [2.45, 2.75) is 18.8 Å². The fourth-order valence-electron chi connectivity index (χ4n) is 2.58. The Morgan fingerprint density at radius 2 is 2.38 bits per heavy atom. The summed E-state index contributed by atoms with van der Waals surface area (Å²) in [6.07, 6.45) is 5.06. The first-order chi connectivity index (χ1) is 7.75. The molecule has 3 nitrogen and oxygen atoms in total. The average molecular weight is 216 g/mol. The molecule has 0 bridgehead atoms. The number of carboxylic acid groups (broad SMARTS) is 1. The molecule has 82 valence electrons. The van der Waals surface area contributed by atoms with E-state index in [1.165, 1.54) is 5.56 Å². The van der Waals surface area contributed by atoms with Crippen LogP contribution in [0, 0.1) is 0 Å². The van der Waals surface area contributed by atoms with Crippen LogP contribution in [0.25, 0.3) is 6.08 Å². The summed E-state index contributed by atoms with van der Waals surface area (Å²) in [6, 6.07) is 3.99. The molecule has 0 spiro atoms. The predicted molar refractivity (Wildman–Crippen MR) is 59.7 cm³/mol. The van der Waals surface area contributed by atoms with E-state index >= 15 is 0 Å². The topological polar surface area (TPSA) is 46.5 Å². The van der Waals surface area contributed by atoms with Crippen LogP contribution >= 0.6 is 0 Å². The van der Waals surface area contributed by atoms with Crippen LogP contribution in [0.1, 0.15) is 29.0 Å². The first kappa shape index (κ1) is 9.46. The number of allylic oxidation sites excluding steroid dienone is 1. The molecule has 16 heavy (non-hydrogen) atoms. The van der Waals surface area contributed by atoms with E-state index in [4.69, 9.17) is 9.84 Å². The number of fused-ring (bicyclic) bond motifs is 3. The van der Waals surface area contributed by atoms with Gasteiger partial charge in [0.05, 0.1) is 13.0 Å². The molecule has 0 saturated heterocycles. The van der Waals surface area contributed by atoms with Crippen molar-refractivity contribution < 1.29 is 14.6 Å². The Labute approximate surface area is 93.4 Å². The normalized spacial score (nSPS) is 20.4. The number of aliphatic carboxylic acids is 1. The monoisotopic (exact) mass is 216 g/mol. The second kappa shape index (κ2) is 3.37. The zero-order valence-corrected chi connectivity index (χ0v) is 8.77. The van der Waals surface area contributed by atoms with Gasteiger partial charge in [-0.1, -0.05) is 18.2 Å². The maximum Gasteiger partial charge on any atom is 0.304 e. The molecule has 3 heteroatoms.